The van der Waals surface area contributed by atoms with Crippen LogP contribution in [-0.2, 0) is 22.0 Å². The average Bonchev–Trinajstić information content (AvgIpc) is 2.88. The lowest BCUT2D eigenvalue weighted by Crippen LogP contribution is -2.07. The molecule has 0 amide bonds. The summed E-state index contributed by atoms with van der Waals surface area (Å²) in [7, 11) is -3.39. The molecule has 0 saturated heterocycles. The van der Waals surface area contributed by atoms with E-state index in [0.29, 0.717) is 15.5 Å². The first-order valence-corrected chi connectivity index (χ1v) is 8.76. The molecule has 2 aromatic carbocycles. The van der Waals surface area contributed by atoms with Gasteiger partial charge in [-0.15, -0.1) is 0 Å². The molecule has 0 radical (unpaired) electrons. The van der Waals surface area contributed by atoms with Crippen LogP contribution in [-0.4, -0.2) is 8.42 Å². The summed E-state index contributed by atoms with van der Waals surface area (Å²) in [6, 6.07) is 10.8. The number of fused-ring (bicyclic) bond motifs is 1. The van der Waals surface area contributed by atoms with E-state index in [1.807, 2.05) is 18.2 Å². The number of sulfone groups is 1. The van der Waals surface area contributed by atoms with E-state index in [9.17, 15) is 8.42 Å². The Morgan fingerprint density at radius 2 is 2.00 bits per heavy atom. The van der Waals surface area contributed by atoms with Gasteiger partial charge in [-0.05, 0) is 47.7 Å². The minimum atomic E-state index is -3.39. The number of allylic oxidation sites excluding steroid dienone is 1. The Morgan fingerprint density at radius 3 is 2.81 bits per heavy atom. The van der Waals surface area contributed by atoms with Crippen LogP contribution >= 0.6 is 11.6 Å². The van der Waals surface area contributed by atoms with E-state index >= 15 is 0 Å². The fourth-order valence-electron chi connectivity index (χ4n) is 2.62. The molecule has 0 aromatic heterocycles. The Kier molecular flexibility index (Phi) is 3.64. The highest BCUT2D eigenvalue weighted by atomic mass is 35.5. The number of halogens is 1. The number of rotatable bonds is 3. The molecule has 108 valence electrons. The fourth-order valence-corrected chi connectivity index (χ4v) is 4.49. The van der Waals surface area contributed by atoms with E-state index < -0.39 is 9.84 Å². The van der Waals surface area contributed by atoms with Crippen molar-refractivity contribution in [3.05, 3.63) is 69.8 Å². The molecular weight excluding hydrogens is 304 g/mol. The summed E-state index contributed by atoms with van der Waals surface area (Å²) in [5.41, 5.74) is 3.79. The van der Waals surface area contributed by atoms with Crippen LogP contribution in [0.2, 0.25) is 5.02 Å². The van der Waals surface area contributed by atoms with Gasteiger partial charge in [0.1, 0.15) is 0 Å². The second kappa shape index (κ2) is 5.32. The molecule has 3 rings (SSSR count). The molecule has 2 nitrogen and oxygen atoms in total. The Morgan fingerprint density at radius 1 is 1.19 bits per heavy atom. The van der Waals surface area contributed by atoms with Crippen molar-refractivity contribution in [1.82, 2.24) is 0 Å². The smallest absolute Gasteiger partial charge is 0.182 e. The third-order valence-corrected chi connectivity index (χ3v) is 5.99. The second-order valence-corrected chi connectivity index (χ2v) is 7.63. The minimum Gasteiger partial charge on any atom is -0.223 e. The van der Waals surface area contributed by atoms with E-state index in [1.54, 1.807) is 25.1 Å². The van der Waals surface area contributed by atoms with Crippen LogP contribution in [0.15, 0.2) is 47.4 Å². The van der Waals surface area contributed by atoms with Gasteiger partial charge in [0.15, 0.2) is 9.84 Å². The van der Waals surface area contributed by atoms with Crippen molar-refractivity contribution in [3.63, 3.8) is 0 Å². The van der Waals surface area contributed by atoms with Crippen LogP contribution < -0.4 is 0 Å². The predicted octanol–water partition coefficient (Wildman–Crippen LogP) is 4.19. The lowest BCUT2D eigenvalue weighted by Gasteiger charge is -2.10. The third-order valence-electron chi connectivity index (χ3n) is 3.75. The highest BCUT2D eigenvalue weighted by molar-refractivity contribution is 7.90. The quantitative estimate of drug-likeness (QED) is 0.850. The first-order valence-electron chi connectivity index (χ1n) is 6.73. The van der Waals surface area contributed by atoms with Gasteiger partial charge in [-0.1, -0.05) is 48.0 Å². The molecular formula is C17H15ClO2S. The Bertz CT molecular complexity index is 836. The van der Waals surface area contributed by atoms with E-state index in [4.69, 9.17) is 11.6 Å². The summed E-state index contributed by atoms with van der Waals surface area (Å²) in [5.74, 6) is 0.00145. The number of hydrogen-bond acceptors (Lipinski definition) is 2. The van der Waals surface area contributed by atoms with Crippen molar-refractivity contribution in [2.75, 3.05) is 0 Å². The molecule has 4 heteroatoms. The zero-order valence-corrected chi connectivity index (χ0v) is 13.2. The molecule has 0 atom stereocenters. The van der Waals surface area contributed by atoms with E-state index in [2.05, 4.69) is 12.2 Å². The van der Waals surface area contributed by atoms with Crippen molar-refractivity contribution < 1.29 is 8.42 Å². The summed E-state index contributed by atoms with van der Waals surface area (Å²) in [4.78, 5) is 0.314. The van der Waals surface area contributed by atoms with Gasteiger partial charge < -0.3 is 0 Å². The van der Waals surface area contributed by atoms with Crippen molar-refractivity contribution in [2.45, 2.75) is 24.0 Å². The van der Waals surface area contributed by atoms with Gasteiger partial charge in [-0.2, -0.15) is 0 Å². The fraction of sp³-hybridized carbons (Fsp3) is 0.176. The number of hydrogen-bond donors (Lipinski definition) is 0. The molecule has 0 heterocycles. The van der Waals surface area contributed by atoms with Crippen LogP contribution in [0.3, 0.4) is 0 Å². The standard InChI is InChI=1S/C17H15ClO2S/c1-12-16(18)6-3-7-17(12)21(19,20)11-13-8-9-14-4-2-5-15(14)10-13/h2-4,6-10H,5,11H2,1H3. The van der Waals surface area contributed by atoms with Gasteiger partial charge in [-0.3, -0.25) is 0 Å². The molecule has 0 aliphatic heterocycles. The van der Waals surface area contributed by atoms with Crippen LogP contribution in [0, 0.1) is 6.92 Å². The SMILES string of the molecule is Cc1c(Cl)cccc1S(=O)(=O)Cc1ccc2c(c1)CC=C2. The third kappa shape index (κ3) is 2.76. The molecule has 1 aliphatic carbocycles. The van der Waals surface area contributed by atoms with Gasteiger partial charge in [0.05, 0.1) is 10.6 Å². The maximum absolute atomic E-state index is 12.6. The molecule has 0 N–H and O–H groups in total. The lowest BCUT2D eigenvalue weighted by atomic mass is 10.1. The molecule has 21 heavy (non-hydrogen) atoms. The van der Waals surface area contributed by atoms with E-state index in [1.165, 1.54) is 11.1 Å². The Balaban J connectivity index is 1.95. The van der Waals surface area contributed by atoms with Crippen LogP contribution in [0.25, 0.3) is 6.08 Å². The van der Waals surface area contributed by atoms with Crippen LogP contribution in [0.4, 0.5) is 0 Å². The highest BCUT2D eigenvalue weighted by Crippen LogP contribution is 2.27. The van der Waals surface area contributed by atoms with Gasteiger partial charge in [0.25, 0.3) is 0 Å². The summed E-state index contributed by atoms with van der Waals surface area (Å²) in [6.07, 6.45) is 5.03. The predicted molar refractivity (Wildman–Crippen MR) is 86.3 cm³/mol. The van der Waals surface area contributed by atoms with Gasteiger partial charge in [0, 0.05) is 5.02 Å². The molecule has 2 aromatic rings. The topological polar surface area (TPSA) is 34.1 Å². The molecule has 1 aliphatic rings. The largest absolute Gasteiger partial charge is 0.223 e. The van der Waals surface area contributed by atoms with E-state index in [-0.39, 0.29) is 5.75 Å². The van der Waals surface area contributed by atoms with Gasteiger partial charge in [0.2, 0.25) is 0 Å². The molecule has 0 saturated carbocycles. The molecule has 0 unspecified atom stereocenters. The normalized spacial score (nSPS) is 13.4. The van der Waals surface area contributed by atoms with Crippen molar-refractivity contribution in [3.8, 4) is 0 Å². The zero-order chi connectivity index (χ0) is 15.0. The Hall–Kier alpha value is -1.58. The second-order valence-electron chi connectivity index (χ2n) is 5.26. The van der Waals surface area contributed by atoms with Crippen LogP contribution in [0.5, 0.6) is 0 Å². The molecule has 0 fully saturated rings. The van der Waals surface area contributed by atoms with Gasteiger partial charge >= 0.3 is 0 Å². The minimum absolute atomic E-state index is 0.00145. The number of benzene rings is 2. The average molecular weight is 319 g/mol. The maximum atomic E-state index is 12.6. The summed E-state index contributed by atoms with van der Waals surface area (Å²) in [6.45, 7) is 1.74. The Labute approximate surface area is 130 Å². The van der Waals surface area contributed by atoms with Crippen molar-refractivity contribution in [2.24, 2.45) is 0 Å². The van der Waals surface area contributed by atoms with E-state index in [0.717, 1.165) is 12.0 Å². The first-order chi connectivity index (χ1) is 9.97. The van der Waals surface area contributed by atoms with Crippen molar-refractivity contribution >= 4 is 27.5 Å². The highest BCUT2D eigenvalue weighted by Gasteiger charge is 2.19. The maximum Gasteiger partial charge on any atom is 0.182 e. The zero-order valence-electron chi connectivity index (χ0n) is 11.6. The molecule has 0 bridgehead atoms. The summed E-state index contributed by atoms with van der Waals surface area (Å²) in [5, 5.41) is 0.481. The summed E-state index contributed by atoms with van der Waals surface area (Å²) < 4.78 is 25.2. The van der Waals surface area contributed by atoms with Crippen molar-refractivity contribution in [1.29, 1.82) is 0 Å². The molecule has 0 spiro atoms. The van der Waals surface area contributed by atoms with Crippen LogP contribution in [0.1, 0.15) is 22.3 Å². The lowest BCUT2D eigenvalue weighted by molar-refractivity contribution is 0.594. The van der Waals surface area contributed by atoms with Gasteiger partial charge in [-0.25, -0.2) is 8.42 Å². The summed E-state index contributed by atoms with van der Waals surface area (Å²) >= 11 is 6.03. The monoisotopic (exact) mass is 318 g/mol. The first kappa shape index (κ1) is 14.4.